The first-order chi connectivity index (χ1) is 8.03. The largest absolute Gasteiger partial charge is 0.250 e. The molecule has 1 heterocycles. The summed E-state index contributed by atoms with van der Waals surface area (Å²) in [4.78, 5) is 0. The van der Waals surface area contributed by atoms with Gasteiger partial charge in [-0.15, -0.1) is 22.9 Å². The molecule has 2 unspecified atom stereocenters. The van der Waals surface area contributed by atoms with Crippen LogP contribution in [0.3, 0.4) is 0 Å². The third-order valence-electron chi connectivity index (χ3n) is 2.98. The molecule has 1 fully saturated rings. The van der Waals surface area contributed by atoms with Gasteiger partial charge in [-0.2, -0.15) is 0 Å². The Balaban J connectivity index is 2.12. The minimum absolute atomic E-state index is 0.0154. The van der Waals surface area contributed by atoms with Crippen molar-refractivity contribution in [2.75, 3.05) is 5.88 Å². The van der Waals surface area contributed by atoms with E-state index in [0.717, 1.165) is 23.0 Å². The molecular weight excluding hydrogens is 346 g/mol. The SMILES string of the molecule is O=S(=O)(NC1CCCC1CCl)c1ccc(Br)s1. The molecule has 1 aromatic heterocycles. The number of sulfonamides is 1. The number of hydrogen-bond acceptors (Lipinski definition) is 3. The predicted molar refractivity (Wildman–Crippen MR) is 74.2 cm³/mol. The molecule has 3 nitrogen and oxygen atoms in total. The Morgan fingerprint density at radius 3 is 2.82 bits per heavy atom. The van der Waals surface area contributed by atoms with E-state index in [9.17, 15) is 8.42 Å². The van der Waals surface area contributed by atoms with E-state index in [1.165, 1.54) is 11.3 Å². The summed E-state index contributed by atoms with van der Waals surface area (Å²) >= 11 is 10.3. The van der Waals surface area contributed by atoms with Gasteiger partial charge in [0.2, 0.25) is 10.0 Å². The lowest BCUT2D eigenvalue weighted by Crippen LogP contribution is -2.37. The smallest absolute Gasteiger partial charge is 0.207 e. The molecule has 7 heteroatoms. The summed E-state index contributed by atoms with van der Waals surface area (Å²) in [5.74, 6) is 0.774. The van der Waals surface area contributed by atoms with Crippen molar-refractivity contribution in [2.45, 2.75) is 29.5 Å². The molecule has 2 atom stereocenters. The van der Waals surface area contributed by atoms with Crippen molar-refractivity contribution >= 4 is 48.9 Å². The first-order valence-electron chi connectivity index (χ1n) is 5.36. The Morgan fingerprint density at radius 1 is 1.47 bits per heavy atom. The summed E-state index contributed by atoms with van der Waals surface area (Å²) in [6.07, 6.45) is 2.92. The topological polar surface area (TPSA) is 46.2 Å². The van der Waals surface area contributed by atoms with Gasteiger partial charge in [-0.05, 0) is 46.8 Å². The van der Waals surface area contributed by atoms with Gasteiger partial charge in [0.15, 0.2) is 0 Å². The van der Waals surface area contributed by atoms with Crippen LogP contribution in [0.4, 0.5) is 0 Å². The van der Waals surface area contributed by atoms with E-state index >= 15 is 0 Å². The number of halogens is 2. The van der Waals surface area contributed by atoms with Crippen LogP contribution in [0.25, 0.3) is 0 Å². The Kier molecular flexibility index (Phi) is 4.52. The molecule has 1 aliphatic carbocycles. The van der Waals surface area contributed by atoms with Gasteiger partial charge in [0.25, 0.3) is 0 Å². The van der Waals surface area contributed by atoms with Crippen LogP contribution >= 0.6 is 38.9 Å². The first kappa shape index (κ1) is 13.8. The Bertz CT molecular complexity index is 488. The van der Waals surface area contributed by atoms with Crippen molar-refractivity contribution in [3.8, 4) is 0 Å². The highest BCUT2D eigenvalue weighted by molar-refractivity contribution is 9.11. The Morgan fingerprint density at radius 2 is 2.24 bits per heavy atom. The molecular formula is C10H13BrClNO2S2. The van der Waals surface area contributed by atoms with Crippen molar-refractivity contribution in [2.24, 2.45) is 5.92 Å². The summed E-state index contributed by atoms with van der Waals surface area (Å²) in [6, 6.07) is 3.34. The molecule has 0 saturated heterocycles. The van der Waals surface area contributed by atoms with Crippen LogP contribution < -0.4 is 4.72 Å². The maximum atomic E-state index is 12.1. The Labute approximate surface area is 119 Å². The number of alkyl halides is 1. The lowest BCUT2D eigenvalue weighted by molar-refractivity contribution is 0.481. The molecule has 1 saturated carbocycles. The molecule has 1 aromatic rings. The molecule has 96 valence electrons. The van der Waals surface area contributed by atoms with Crippen LogP contribution in [-0.2, 0) is 10.0 Å². The summed E-state index contributed by atoms with van der Waals surface area (Å²) < 4.78 is 28.1. The number of thiophene rings is 1. The number of nitrogens with one attached hydrogen (secondary N) is 1. The van der Waals surface area contributed by atoms with Gasteiger partial charge in [-0.25, -0.2) is 13.1 Å². The predicted octanol–water partition coefficient (Wildman–Crippen LogP) is 3.20. The third-order valence-corrected chi connectivity index (χ3v) is 6.98. The van der Waals surface area contributed by atoms with Gasteiger partial charge >= 0.3 is 0 Å². The minimum atomic E-state index is -3.39. The van der Waals surface area contributed by atoms with Gasteiger partial charge in [-0.3, -0.25) is 0 Å². The van der Waals surface area contributed by atoms with E-state index in [4.69, 9.17) is 11.6 Å². The molecule has 0 aromatic carbocycles. The normalized spacial score (nSPS) is 25.3. The molecule has 2 rings (SSSR count). The van der Waals surface area contributed by atoms with Crippen molar-refractivity contribution in [3.05, 3.63) is 15.9 Å². The highest BCUT2D eigenvalue weighted by Crippen LogP contribution is 2.30. The van der Waals surface area contributed by atoms with Crippen LogP contribution in [0, 0.1) is 5.92 Å². The van der Waals surface area contributed by atoms with Gasteiger partial charge < -0.3 is 0 Å². The zero-order valence-corrected chi connectivity index (χ0v) is 13.0. The second-order valence-corrected chi connectivity index (χ2v) is 8.84. The molecule has 0 radical (unpaired) electrons. The maximum absolute atomic E-state index is 12.1. The van der Waals surface area contributed by atoms with E-state index < -0.39 is 10.0 Å². The second kappa shape index (κ2) is 5.57. The standard InChI is InChI=1S/C10H13BrClNO2S2/c11-9-4-5-10(16-9)17(14,15)13-8-3-1-2-7(8)6-12/h4-5,7-8,13H,1-3,6H2. The molecule has 0 aliphatic heterocycles. The first-order valence-corrected chi connectivity index (χ1v) is 8.99. The van der Waals surface area contributed by atoms with Crippen molar-refractivity contribution < 1.29 is 8.42 Å². The van der Waals surface area contributed by atoms with E-state index in [1.54, 1.807) is 12.1 Å². The van der Waals surface area contributed by atoms with E-state index in [-0.39, 0.29) is 12.0 Å². The average molecular weight is 359 g/mol. The van der Waals surface area contributed by atoms with Gasteiger partial charge in [0, 0.05) is 11.9 Å². The summed E-state index contributed by atoms with van der Waals surface area (Å²) in [5, 5.41) is 0. The summed E-state index contributed by atoms with van der Waals surface area (Å²) in [5.41, 5.74) is 0. The number of rotatable bonds is 4. The van der Waals surface area contributed by atoms with Gasteiger partial charge in [0.1, 0.15) is 4.21 Å². The molecule has 0 amide bonds. The van der Waals surface area contributed by atoms with E-state index in [0.29, 0.717) is 10.1 Å². The van der Waals surface area contributed by atoms with Crippen LogP contribution in [-0.4, -0.2) is 20.3 Å². The molecule has 0 spiro atoms. The minimum Gasteiger partial charge on any atom is -0.207 e. The number of hydrogen-bond donors (Lipinski definition) is 1. The zero-order chi connectivity index (χ0) is 12.5. The summed E-state index contributed by atoms with van der Waals surface area (Å²) in [7, 11) is -3.39. The van der Waals surface area contributed by atoms with Crippen molar-refractivity contribution in [1.82, 2.24) is 4.72 Å². The quantitative estimate of drug-likeness (QED) is 0.840. The van der Waals surface area contributed by atoms with Crippen LogP contribution in [0.15, 0.2) is 20.1 Å². The van der Waals surface area contributed by atoms with Crippen molar-refractivity contribution in [1.29, 1.82) is 0 Å². The van der Waals surface area contributed by atoms with Crippen LogP contribution in [0.2, 0.25) is 0 Å². The molecule has 1 N–H and O–H groups in total. The second-order valence-electron chi connectivity index (χ2n) is 4.13. The monoisotopic (exact) mass is 357 g/mol. The van der Waals surface area contributed by atoms with Crippen LogP contribution in [0.1, 0.15) is 19.3 Å². The fraction of sp³-hybridized carbons (Fsp3) is 0.600. The van der Waals surface area contributed by atoms with Gasteiger partial charge in [0.05, 0.1) is 3.79 Å². The summed E-state index contributed by atoms with van der Waals surface area (Å²) in [6.45, 7) is 0. The van der Waals surface area contributed by atoms with Crippen molar-refractivity contribution in [3.63, 3.8) is 0 Å². The maximum Gasteiger partial charge on any atom is 0.250 e. The van der Waals surface area contributed by atoms with Gasteiger partial charge in [-0.1, -0.05) is 6.42 Å². The lowest BCUT2D eigenvalue weighted by atomic mass is 10.1. The third kappa shape index (κ3) is 3.23. The fourth-order valence-electron chi connectivity index (χ4n) is 2.08. The lowest BCUT2D eigenvalue weighted by Gasteiger charge is -2.18. The zero-order valence-electron chi connectivity index (χ0n) is 9.03. The highest BCUT2D eigenvalue weighted by Gasteiger charge is 2.31. The molecule has 1 aliphatic rings. The highest BCUT2D eigenvalue weighted by atomic mass is 79.9. The molecule has 17 heavy (non-hydrogen) atoms. The fourth-order valence-corrected chi connectivity index (χ4v) is 5.81. The van der Waals surface area contributed by atoms with E-state index in [1.807, 2.05) is 0 Å². The van der Waals surface area contributed by atoms with Crippen LogP contribution in [0.5, 0.6) is 0 Å². The molecule has 0 bridgehead atoms. The Hall–Kier alpha value is 0.380. The average Bonchev–Trinajstić information content (AvgIpc) is 2.86. The van der Waals surface area contributed by atoms with E-state index in [2.05, 4.69) is 20.7 Å².